The number of sulfonamides is 1. The van der Waals surface area contributed by atoms with E-state index in [0.29, 0.717) is 27.8 Å². The molecular formula is C30H37BrN2O8S. The summed E-state index contributed by atoms with van der Waals surface area (Å²) >= 11 is 3.48. The summed E-state index contributed by atoms with van der Waals surface area (Å²) in [6.45, 7) is 6.36. The minimum atomic E-state index is -4.02. The van der Waals surface area contributed by atoms with Gasteiger partial charge in [0.2, 0.25) is 10.0 Å². The fourth-order valence-corrected chi connectivity index (χ4v) is 7.55. The zero-order valence-electron chi connectivity index (χ0n) is 23.9. The van der Waals surface area contributed by atoms with E-state index in [-0.39, 0.29) is 49.1 Å². The van der Waals surface area contributed by atoms with Gasteiger partial charge in [-0.15, -0.1) is 0 Å². The first-order valence-electron chi connectivity index (χ1n) is 14.1. The van der Waals surface area contributed by atoms with Crippen LogP contribution in [0.1, 0.15) is 31.6 Å². The maximum absolute atomic E-state index is 13.9. The van der Waals surface area contributed by atoms with Crippen LogP contribution in [0, 0.1) is 18.8 Å². The molecule has 0 aliphatic carbocycles. The SMILES string of the molecule is Cc1oc2ccc(S(=O)(=O)N(CC(C)C)C[C@@H](O)[C@H](Cc3ccccc3)NC(=O)OC3CO[C@H]4OCC[C@@H]34)cc2c1Br. The first kappa shape index (κ1) is 31.0. The minimum absolute atomic E-state index is 0.0203. The lowest BCUT2D eigenvalue weighted by Crippen LogP contribution is -2.51. The van der Waals surface area contributed by atoms with Gasteiger partial charge in [0.25, 0.3) is 0 Å². The number of fused-ring (bicyclic) bond motifs is 2. The molecule has 1 unspecified atom stereocenters. The Hall–Kier alpha value is -2.48. The zero-order valence-corrected chi connectivity index (χ0v) is 26.3. The van der Waals surface area contributed by atoms with Gasteiger partial charge in [0.1, 0.15) is 17.4 Å². The van der Waals surface area contributed by atoms with Crippen molar-refractivity contribution in [2.45, 2.75) is 63.0 Å². The van der Waals surface area contributed by atoms with Crippen LogP contribution < -0.4 is 5.32 Å². The van der Waals surface area contributed by atoms with Crippen LogP contribution in [0.4, 0.5) is 4.79 Å². The van der Waals surface area contributed by atoms with Crippen LogP contribution in [0.25, 0.3) is 11.0 Å². The molecule has 3 heterocycles. The molecule has 0 spiro atoms. The van der Waals surface area contributed by atoms with Gasteiger partial charge in [0.15, 0.2) is 6.29 Å². The van der Waals surface area contributed by atoms with E-state index in [2.05, 4.69) is 21.2 Å². The molecule has 0 bridgehead atoms. The predicted octanol–water partition coefficient (Wildman–Crippen LogP) is 4.61. The molecule has 5 rings (SSSR count). The highest BCUT2D eigenvalue weighted by Gasteiger charge is 2.44. The zero-order chi connectivity index (χ0) is 30.0. The number of alkyl carbamates (subject to hydrolysis) is 1. The third-order valence-corrected chi connectivity index (χ3v) is 10.5. The van der Waals surface area contributed by atoms with E-state index in [0.717, 1.165) is 12.0 Å². The third kappa shape index (κ3) is 6.84. The van der Waals surface area contributed by atoms with E-state index in [1.165, 1.54) is 10.4 Å². The van der Waals surface area contributed by atoms with Crippen LogP contribution in [-0.4, -0.2) is 74.8 Å². The molecule has 0 radical (unpaired) electrons. The number of carbonyl (C=O) groups excluding carboxylic acids is 1. The molecule has 3 aromatic rings. The monoisotopic (exact) mass is 664 g/mol. The lowest BCUT2D eigenvalue weighted by molar-refractivity contribution is -0.0907. The third-order valence-electron chi connectivity index (χ3n) is 7.67. The lowest BCUT2D eigenvalue weighted by Gasteiger charge is -2.31. The van der Waals surface area contributed by atoms with Gasteiger partial charge in [-0.3, -0.25) is 0 Å². The number of aryl methyl sites for hydroxylation is 1. The van der Waals surface area contributed by atoms with E-state index in [9.17, 15) is 18.3 Å². The van der Waals surface area contributed by atoms with Crippen molar-refractivity contribution in [3.8, 4) is 0 Å². The van der Waals surface area contributed by atoms with Gasteiger partial charge in [0, 0.05) is 18.5 Å². The van der Waals surface area contributed by atoms with Crippen molar-refractivity contribution in [3.63, 3.8) is 0 Å². The van der Waals surface area contributed by atoms with Crippen LogP contribution in [0.5, 0.6) is 0 Å². The predicted molar refractivity (Wildman–Crippen MR) is 159 cm³/mol. The number of benzene rings is 2. The lowest BCUT2D eigenvalue weighted by atomic mass is 10.0. The second-order valence-electron chi connectivity index (χ2n) is 11.3. The van der Waals surface area contributed by atoms with E-state index in [1.54, 1.807) is 19.1 Å². The van der Waals surface area contributed by atoms with Crippen molar-refractivity contribution in [2.75, 3.05) is 26.3 Å². The van der Waals surface area contributed by atoms with Crippen LogP contribution >= 0.6 is 15.9 Å². The fraction of sp³-hybridized carbons (Fsp3) is 0.500. The summed E-state index contributed by atoms with van der Waals surface area (Å²) in [4.78, 5) is 13.1. The number of hydrogen-bond donors (Lipinski definition) is 2. The number of nitrogens with one attached hydrogen (secondary N) is 1. The van der Waals surface area contributed by atoms with Crippen LogP contribution in [-0.2, 0) is 30.7 Å². The molecule has 1 amide bonds. The molecule has 228 valence electrons. The molecule has 2 fully saturated rings. The number of rotatable bonds is 11. The standard InChI is InChI=1S/C30H37BrN2O8S/c1-18(2)15-33(42(36,37)21-9-10-26-23(14-21)28(31)19(3)40-26)16-25(34)24(13-20-7-5-4-6-8-20)32-30(35)41-27-17-39-29-22(27)11-12-38-29/h4-10,14,18,22,24-25,27,29,34H,11-13,15-17H2,1-3H3,(H,32,35)/t22-,24-,25+,27?,29+/m0/s1. The largest absolute Gasteiger partial charge is 0.460 e. The first-order chi connectivity index (χ1) is 20.0. The minimum Gasteiger partial charge on any atom is -0.460 e. The molecule has 5 atom stereocenters. The Kier molecular flexibility index (Phi) is 9.60. The molecule has 12 heteroatoms. The second-order valence-corrected chi connectivity index (χ2v) is 14.1. The maximum Gasteiger partial charge on any atom is 0.407 e. The van der Waals surface area contributed by atoms with Crippen molar-refractivity contribution in [1.82, 2.24) is 9.62 Å². The van der Waals surface area contributed by atoms with Gasteiger partial charge in [-0.2, -0.15) is 4.31 Å². The molecule has 1 aromatic heterocycles. The number of nitrogens with zero attached hydrogens (tertiary/aromatic N) is 1. The Morgan fingerprint density at radius 3 is 2.67 bits per heavy atom. The van der Waals surface area contributed by atoms with Gasteiger partial charge >= 0.3 is 6.09 Å². The number of halogens is 1. The maximum atomic E-state index is 13.9. The molecule has 0 saturated carbocycles. The Morgan fingerprint density at radius 1 is 1.17 bits per heavy atom. The molecule has 2 aliphatic rings. The van der Waals surface area contributed by atoms with Crippen LogP contribution in [0.3, 0.4) is 0 Å². The quantitative estimate of drug-likeness (QED) is 0.304. The molecule has 2 saturated heterocycles. The molecule has 42 heavy (non-hydrogen) atoms. The van der Waals surface area contributed by atoms with Crippen LogP contribution in [0.2, 0.25) is 0 Å². The summed E-state index contributed by atoms with van der Waals surface area (Å²) in [6.07, 6.45) is -1.74. The normalized spacial score (nSPS) is 22.0. The fourth-order valence-electron chi connectivity index (χ4n) is 5.51. The highest BCUT2D eigenvalue weighted by atomic mass is 79.9. The molecule has 2 aromatic carbocycles. The Balaban J connectivity index is 1.36. The molecular weight excluding hydrogens is 628 g/mol. The topological polar surface area (TPSA) is 128 Å². The van der Waals surface area contributed by atoms with E-state index < -0.39 is 34.4 Å². The molecule has 2 aliphatic heterocycles. The Morgan fingerprint density at radius 2 is 1.93 bits per heavy atom. The van der Waals surface area contributed by atoms with Gasteiger partial charge in [-0.1, -0.05) is 44.2 Å². The summed E-state index contributed by atoms with van der Waals surface area (Å²) in [6, 6.07) is 13.3. The van der Waals surface area contributed by atoms with Crippen LogP contribution in [0.15, 0.2) is 62.3 Å². The summed E-state index contributed by atoms with van der Waals surface area (Å²) in [5.74, 6) is 0.597. The average Bonchev–Trinajstić information content (AvgIpc) is 3.64. The summed E-state index contributed by atoms with van der Waals surface area (Å²) in [5.41, 5.74) is 1.45. The number of amides is 1. The van der Waals surface area contributed by atoms with E-state index >= 15 is 0 Å². The van der Waals surface area contributed by atoms with Gasteiger partial charge < -0.3 is 29.1 Å². The van der Waals surface area contributed by atoms with Crippen molar-refractivity contribution >= 4 is 43.0 Å². The van der Waals surface area contributed by atoms with Gasteiger partial charge in [-0.05, 0) is 65.4 Å². The van der Waals surface area contributed by atoms with Crippen molar-refractivity contribution in [1.29, 1.82) is 0 Å². The van der Waals surface area contributed by atoms with Gasteiger partial charge in [-0.25, -0.2) is 13.2 Å². The van der Waals surface area contributed by atoms with E-state index in [4.69, 9.17) is 18.6 Å². The summed E-state index contributed by atoms with van der Waals surface area (Å²) in [5, 5.41) is 15.0. The highest BCUT2D eigenvalue weighted by Crippen LogP contribution is 2.34. The van der Waals surface area contributed by atoms with Crippen molar-refractivity contribution in [2.24, 2.45) is 11.8 Å². The van der Waals surface area contributed by atoms with Gasteiger partial charge in [0.05, 0.1) is 40.6 Å². The number of aliphatic hydroxyl groups excluding tert-OH is 1. The number of carbonyl (C=O) groups is 1. The first-order valence-corrected chi connectivity index (χ1v) is 16.4. The highest BCUT2D eigenvalue weighted by molar-refractivity contribution is 9.10. The van der Waals surface area contributed by atoms with Crippen molar-refractivity contribution in [3.05, 3.63) is 64.3 Å². The number of hydrogen-bond acceptors (Lipinski definition) is 8. The molecule has 10 nitrogen and oxygen atoms in total. The molecule has 2 N–H and O–H groups in total. The summed E-state index contributed by atoms with van der Waals surface area (Å²) < 4.78 is 52.3. The van der Waals surface area contributed by atoms with Crippen molar-refractivity contribution < 1.29 is 36.9 Å². The second kappa shape index (κ2) is 13.0. The summed E-state index contributed by atoms with van der Waals surface area (Å²) in [7, 11) is -4.02. The number of aliphatic hydroxyl groups is 1. The number of ether oxygens (including phenoxy) is 3. The Bertz CT molecular complexity index is 1500. The average molecular weight is 666 g/mol. The Labute approximate surface area is 254 Å². The number of furan rings is 1. The van der Waals surface area contributed by atoms with E-state index in [1.807, 2.05) is 44.2 Å². The smallest absolute Gasteiger partial charge is 0.407 e.